The summed E-state index contributed by atoms with van der Waals surface area (Å²) in [5.74, 6) is 0. The Morgan fingerprint density at radius 3 is 3.20 bits per heavy atom. The summed E-state index contributed by atoms with van der Waals surface area (Å²) in [6.45, 7) is 0. The highest BCUT2D eigenvalue weighted by atomic mass is 32.2. The lowest BCUT2D eigenvalue weighted by Crippen LogP contribution is -2.16. The molecule has 0 aliphatic heterocycles. The van der Waals surface area contributed by atoms with Crippen molar-refractivity contribution in [3.63, 3.8) is 0 Å². The third-order valence-corrected chi connectivity index (χ3v) is 2.31. The van der Waals surface area contributed by atoms with Crippen LogP contribution < -0.4 is 4.40 Å². The maximum absolute atomic E-state index is 11.0. The predicted octanol–water partition coefficient (Wildman–Crippen LogP) is 0.548. The lowest BCUT2D eigenvalue weighted by atomic mass is 10.7. The van der Waals surface area contributed by atoms with Crippen LogP contribution in [0.5, 0.6) is 0 Å². The van der Waals surface area contributed by atoms with Crippen molar-refractivity contribution in [1.82, 2.24) is 4.98 Å². The van der Waals surface area contributed by atoms with Crippen molar-refractivity contribution in [3.05, 3.63) is 30.0 Å². The van der Waals surface area contributed by atoms with E-state index in [0.717, 1.165) is 0 Å². The summed E-state index contributed by atoms with van der Waals surface area (Å²) in [5.41, 5.74) is 0. The molecule has 3 nitrogen and oxygen atoms in total. The van der Waals surface area contributed by atoms with Gasteiger partial charge in [0.05, 0.1) is 0 Å². The van der Waals surface area contributed by atoms with E-state index >= 15 is 0 Å². The van der Waals surface area contributed by atoms with Gasteiger partial charge in [0, 0.05) is 21.8 Å². The standard InChI is InChI=1S/C6H5N2OS/c9-10-5-4-8-3-1-2-7-6(8)10/h1-5H/q+1. The van der Waals surface area contributed by atoms with Gasteiger partial charge < -0.3 is 4.55 Å². The number of fused-ring (bicyclic) bond motifs is 1. The zero-order chi connectivity index (χ0) is 6.97. The molecule has 10 heavy (non-hydrogen) atoms. The topological polar surface area (TPSA) is 40.0 Å². The first kappa shape index (κ1) is 5.76. The van der Waals surface area contributed by atoms with E-state index in [4.69, 9.17) is 0 Å². The molecule has 0 aromatic carbocycles. The molecule has 2 aromatic rings. The Balaban J connectivity index is 2.93. The summed E-state index contributed by atoms with van der Waals surface area (Å²) in [7, 11) is -1.03. The average Bonchev–Trinajstić information content (AvgIpc) is 2.34. The van der Waals surface area contributed by atoms with Gasteiger partial charge in [-0.3, -0.25) is 0 Å². The van der Waals surface area contributed by atoms with E-state index in [-0.39, 0.29) is 0 Å². The van der Waals surface area contributed by atoms with Gasteiger partial charge in [-0.05, 0) is 0 Å². The molecule has 0 spiro atoms. The third kappa shape index (κ3) is 0.698. The second-order valence-corrected chi connectivity index (χ2v) is 3.12. The molecule has 4 heteroatoms. The van der Waals surface area contributed by atoms with Crippen LogP contribution in [0.25, 0.3) is 4.96 Å². The Labute approximate surface area is 60.4 Å². The van der Waals surface area contributed by atoms with E-state index in [1.54, 1.807) is 28.2 Å². The molecule has 0 aliphatic rings. The monoisotopic (exact) mass is 153 g/mol. The van der Waals surface area contributed by atoms with Gasteiger partial charge in [-0.15, -0.1) is 0 Å². The first-order chi connectivity index (χ1) is 4.88. The van der Waals surface area contributed by atoms with E-state index in [0.29, 0.717) is 4.96 Å². The second-order valence-electron chi connectivity index (χ2n) is 1.89. The Hall–Kier alpha value is -1.00. The lowest BCUT2D eigenvalue weighted by molar-refractivity contribution is -0.510. The predicted molar refractivity (Wildman–Crippen MR) is 36.1 cm³/mol. The first-order valence-electron chi connectivity index (χ1n) is 2.83. The van der Waals surface area contributed by atoms with Crippen molar-refractivity contribution < 1.29 is 8.95 Å². The summed E-state index contributed by atoms with van der Waals surface area (Å²) in [4.78, 5) is 4.54. The molecule has 0 fully saturated rings. The van der Waals surface area contributed by atoms with Crippen LogP contribution in [-0.2, 0) is 0 Å². The highest BCUT2D eigenvalue weighted by molar-refractivity contribution is 7.27. The fourth-order valence-electron chi connectivity index (χ4n) is 0.819. The van der Waals surface area contributed by atoms with Gasteiger partial charge >= 0.3 is 4.96 Å². The van der Waals surface area contributed by atoms with Gasteiger partial charge in [-0.2, -0.15) is 4.40 Å². The van der Waals surface area contributed by atoms with Crippen LogP contribution in [0.3, 0.4) is 0 Å². The minimum Gasteiger partial charge on any atom is -0.584 e. The number of hydrogen-bond donors (Lipinski definition) is 0. The molecule has 2 rings (SSSR count). The highest BCUT2D eigenvalue weighted by Gasteiger charge is 2.12. The Kier molecular flexibility index (Phi) is 1.15. The van der Waals surface area contributed by atoms with Crippen LogP contribution in [0, 0.1) is 0 Å². The van der Waals surface area contributed by atoms with Crippen molar-refractivity contribution in [2.75, 3.05) is 0 Å². The van der Waals surface area contributed by atoms with E-state index < -0.39 is 10.8 Å². The van der Waals surface area contributed by atoms with E-state index in [1.165, 1.54) is 0 Å². The molecule has 0 radical (unpaired) electrons. The molecule has 1 unspecified atom stereocenters. The molecule has 2 heterocycles. The van der Waals surface area contributed by atoms with Crippen molar-refractivity contribution in [1.29, 1.82) is 0 Å². The average molecular weight is 153 g/mol. The summed E-state index contributed by atoms with van der Waals surface area (Å²) in [6.07, 6.45) is 5.21. The Morgan fingerprint density at radius 1 is 1.50 bits per heavy atom. The molecule has 0 saturated carbocycles. The van der Waals surface area contributed by atoms with Crippen molar-refractivity contribution in [3.8, 4) is 0 Å². The molecule has 1 atom stereocenters. The number of aromatic nitrogens is 2. The van der Waals surface area contributed by atoms with Crippen molar-refractivity contribution in [2.45, 2.75) is 0 Å². The van der Waals surface area contributed by atoms with Gasteiger partial charge in [-0.25, -0.2) is 0 Å². The summed E-state index contributed by atoms with van der Waals surface area (Å²) in [5, 5.41) is 1.61. The smallest absolute Gasteiger partial charge is 0.535 e. The number of hydrogen-bond acceptors (Lipinski definition) is 2. The lowest BCUT2D eigenvalue weighted by Gasteiger charge is -1.77. The van der Waals surface area contributed by atoms with E-state index in [2.05, 4.69) is 4.98 Å². The largest absolute Gasteiger partial charge is 0.584 e. The van der Waals surface area contributed by atoms with Crippen molar-refractivity contribution >= 4 is 15.7 Å². The van der Waals surface area contributed by atoms with Gasteiger partial charge in [0.1, 0.15) is 12.4 Å². The fourth-order valence-corrected chi connectivity index (χ4v) is 1.68. The van der Waals surface area contributed by atoms with Gasteiger partial charge in [-0.1, -0.05) is 0 Å². The molecule has 0 aliphatic carbocycles. The maximum Gasteiger partial charge on any atom is 0.535 e. The molecular weight excluding hydrogens is 148 g/mol. The highest BCUT2D eigenvalue weighted by Crippen LogP contribution is 2.12. The van der Waals surface area contributed by atoms with Crippen LogP contribution in [0.2, 0.25) is 0 Å². The van der Waals surface area contributed by atoms with Crippen LogP contribution in [-0.4, -0.2) is 9.54 Å². The number of nitrogens with zero attached hydrogens (tertiary/aromatic N) is 2. The van der Waals surface area contributed by atoms with Gasteiger partial charge in [0.15, 0.2) is 11.6 Å². The zero-order valence-corrected chi connectivity index (χ0v) is 5.91. The normalized spacial score (nSPS) is 12.3. The molecule has 0 amide bonds. The first-order valence-corrected chi connectivity index (χ1v) is 4.04. The molecule has 0 N–H and O–H groups in total. The van der Waals surface area contributed by atoms with E-state index in [9.17, 15) is 4.55 Å². The van der Waals surface area contributed by atoms with Gasteiger partial charge in [0.2, 0.25) is 0 Å². The molecule has 50 valence electrons. The summed E-state index contributed by atoms with van der Waals surface area (Å²) < 4.78 is 12.8. The minimum atomic E-state index is -1.03. The Bertz CT molecular complexity index is 357. The van der Waals surface area contributed by atoms with Crippen LogP contribution in [0.1, 0.15) is 0 Å². The fraction of sp³-hybridized carbons (Fsp3) is 0. The SMILES string of the molecule is [O-][s+]1cc[n+]2cccnc21. The number of rotatable bonds is 0. The minimum absolute atomic E-state index is 0.600. The van der Waals surface area contributed by atoms with Crippen LogP contribution in [0.15, 0.2) is 30.0 Å². The third-order valence-electron chi connectivity index (χ3n) is 1.26. The van der Waals surface area contributed by atoms with Crippen molar-refractivity contribution in [2.24, 2.45) is 0 Å². The zero-order valence-electron chi connectivity index (χ0n) is 5.10. The summed E-state index contributed by atoms with van der Waals surface area (Å²) in [6, 6.07) is 1.80. The van der Waals surface area contributed by atoms with Gasteiger partial charge in [0.25, 0.3) is 0 Å². The van der Waals surface area contributed by atoms with Crippen LogP contribution in [0.4, 0.5) is 0 Å². The molecule has 2 aromatic heterocycles. The van der Waals surface area contributed by atoms with E-state index in [1.807, 2.05) is 6.20 Å². The number of thiazole rings is 1. The molecular formula is C6H5N2OS+. The second kappa shape index (κ2) is 2.00. The maximum atomic E-state index is 11.0. The molecule has 0 bridgehead atoms. The quantitative estimate of drug-likeness (QED) is 0.409. The summed E-state index contributed by atoms with van der Waals surface area (Å²) >= 11 is 0. The Morgan fingerprint density at radius 2 is 2.40 bits per heavy atom. The molecule has 0 saturated heterocycles. The van der Waals surface area contributed by atoms with Crippen LogP contribution >= 0.6 is 10.8 Å².